The molecular formula is C17H24FN7O2S. The number of piperidine rings is 1. The Morgan fingerprint density at radius 2 is 1.86 bits per heavy atom. The van der Waals surface area contributed by atoms with Gasteiger partial charge in [0.05, 0.1) is 12.8 Å². The molecule has 0 bridgehead atoms. The van der Waals surface area contributed by atoms with Crippen LogP contribution in [-0.4, -0.2) is 65.0 Å². The highest BCUT2D eigenvalue weighted by atomic mass is 32.2. The van der Waals surface area contributed by atoms with Gasteiger partial charge in [-0.15, -0.1) is 0 Å². The van der Waals surface area contributed by atoms with E-state index in [9.17, 15) is 12.8 Å². The van der Waals surface area contributed by atoms with Crippen LogP contribution in [-0.2, 0) is 16.6 Å². The van der Waals surface area contributed by atoms with Crippen molar-refractivity contribution in [3.63, 3.8) is 0 Å². The monoisotopic (exact) mass is 409 g/mol. The third-order valence-corrected chi connectivity index (χ3v) is 6.10. The summed E-state index contributed by atoms with van der Waals surface area (Å²) in [6.07, 6.45) is 2.71. The lowest BCUT2D eigenvalue weighted by Gasteiger charge is -2.35. The summed E-state index contributed by atoms with van der Waals surface area (Å²) in [5, 5.41) is 2.99. The molecule has 0 radical (unpaired) electrons. The second-order valence-corrected chi connectivity index (χ2v) is 8.89. The SMILES string of the molecule is CN(C1CCN(Cc2nc(N)nc(Nc3ccc(F)cc3)n2)CC1)S(C)(=O)=O. The van der Waals surface area contributed by atoms with Gasteiger partial charge in [0.15, 0.2) is 0 Å². The number of sulfonamides is 1. The van der Waals surface area contributed by atoms with Gasteiger partial charge in [0.2, 0.25) is 21.9 Å². The van der Waals surface area contributed by atoms with Gasteiger partial charge < -0.3 is 11.1 Å². The molecule has 1 aromatic carbocycles. The van der Waals surface area contributed by atoms with Crippen LogP contribution >= 0.6 is 0 Å². The fourth-order valence-corrected chi connectivity index (χ4v) is 3.89. The standard InChI is InChI=1S/C17H24FN7O2S/c1-24(28(2,26)27)14-7-9-25(10-8-14)11-15-21-16(19)23-17(22-15)20-13-5-3-12(18)4-6-13/h3-6,14H,7-11H2,1-2H3,(H3,19,20,21,22,23). The lowest BCUT2D eigenvalue weighted by molar-refractivity contribution is 0.161. The summed E-state index contributed by atoms with van der Waals surface area (Å²) in [6.45, 7) is 1.95. The van der Waals surface area contributed by atoms with Crippen LogP contribution in [0, 0.1) is 5.82 Å². The third-order valence-electron chi connectivity index (χ3n) is 4.76. The van der Waals surface area contributed by atoms with Gasteiger partial charge in [-0.3, -0.25) is 4.90 Å². The Morgan fingerprint density at radius 1 is 1.21 bits per heavy atom. The fraction of sp³-hybridized carbons (Fsp3) is 0.471. The molecule has 0 atom stereocenters. The van der Waals surface area contributed by atoms with E-state index in [4.69, 9.17) is 5.73 Å². The number of nitrogen functional groups attached to an aromatic ring is 1. The van der Waals surface area contributed by atoms with Crippen molar-refractivity contribution in [3.05, 3.63) is 35.9 Å². The number of anilines is 3. The Morgan fingerprint density at radius 3 is 2.46 bits per heavy atom. The minimum Gasteiger partial charge on any atom is -0.368 e. The van der Waals surface area contributed by atoms with E-state index in [1.807, 2.05) is 0 Å². The molecule has 9 nitrogen and oxygen atoms in total. The largest absolute Gasteiger partial charge is 0.368 e. The molecular weight excluding hydrogens is 385 g/mol. The van der Waals surface area contributed by atoms with Gasteiger partial charge in [0.1, 0.15) is 11.6 Å². The van der Waals surface area contributed by atoms with E-state index < -0.39 is 10.0 Å². The zero-order valence-electron chi connectivity index (χ0n) is 15.8. The molecule has 1 aromatic heterocycles. The van der Waals surface area contributed by atoms with Crippen molar-refractivity contribution in [1.29, 1.82) is 0 Å². The second kappa shape index (κ2) is 8.33. The summed E-state index contributed by atoms with van der Waals surface area (Å²) in [5.41, 5.74) is 6.44. The van der Waals surface area contributed by atoms with Crippen molar-refractivity contribution in [2.45, 2.75) is 25.4 Å². The molecule has 3 N–H and O–H groups in total. The number of benzene rings is 1. The predicted molar refractivity (Wildman–Crippen MR) is 105 cm³/mol. The number of nitrogens with one attached hydrogen (secondary N) is 1. The Labute approximate surface area is 163 Å². The van der Waals surface area contributed by atoms with Crippen LogP contribution in [0.1, 0.15) is 18.7 Å². The normalized spacial score (nSPS) is 16.4. The molecule has 1 fully saturated rings. The van der Waals surface area contributed by atoms with Crippen molar-refractivity contribution < 1.29 is 12.8 Å². The van der Waals surface area contributed by atoms with E-state index >= 15 is 0 Å². The Bertz CT molecular complexity index is 916. The predicted octanol–water partition coefficient (Wildman–Crippen LogP) is 1.19. The first-order chi connectivity index (χ1) is 13.2. The summed E-state index contributed by atoms with van der Waals surface area (Å²) in [7, 11) is -1.57. The van der Waals surface area contributed by atoms with E-state index in [1.54, 1.807) is 19.2 Å². The molecule has 3 rings (SSSR count). The van der Waals surface area contributed by atoms with Gasteiger partial charge in [0, 0.05) is 31.9 Å². The van der Waals surface area contributed by atoms with Gasteiger partial charge in [0.25, 0.3) is 0 Å². The molecule has 0 unspecified atom stereocenters. The van der Waals surface area contributed by atoms with Crippen molar-refractivity contribution in [3.8, 4) is 0 Å². The molecule has 1 aliphatic heterocycles. The molecule has 1 saturated heterocycles. The molecule has 1 aliphatic rings. The zero-order chi connectivity index (χ0) is 20.3. The van der Waals surface area contributed by atoms with Crippen LogP contribution in [0.5, 0.6) is 0 Å². The molecule has 2 aromatic rings. The van der Waals surface area contributed by atoms with Crippen LogP contribution in [0.25, 0.3) is 0 Å². The number of aromatic nitrogens is 3. The van der Waals surface area contributed by atoms with E-state index in [0.29, 0.717) is 24.0 Å². The van der Waals surface area contributed by atoms with Crippen molar-refractivity contribution in [2.24, 2.45) is 0 Å². The highest BCUT2D eigenvalue weighted by Crippen LogP contribution is 2.19. The molecule has 2 heterocycles. The van der Waals surface area contributed by atoms with Gasteiger partial charge in [-0.2, -0.15) is 15.0 Å². The minimum atomic E-state index is -3.19. The van der Waals surface area contributed by atoms with Crippen LogP contribution in [0.3, 0.4) is 0 Å². The molecule has 28 heavy (non-hydrogen) atoms. The first-order valence-electron chi connectivity index (χ1n) is 8.89. The topological polar surface area (TPSA) is 117 Å². The van der Waals surface area contributed by atoms with Gasteiger partial charge in [-0.1, -0.05) is 0 Å². The number of likely N-dealkylation sites (tertiary alicyclic amines) is 1. The lowest BCUT2D eigenvalue weighted by atomic mass is 10.1. The zero-order valence-corrected chi connectivity index (χ0v) is 16.7. The smallest absolute Gasteiger partial charge is 0.232 e. The van der Waals surface area contributed by atoms with E-state index in [-0.39, 0.29) is 17.8 Å². The van der Waals surface area contributed by atoms with Gasteiger partial charge in [-0.05, 0) is 37.1 Å². The first-order valence-corrected chi connectivity index (χ1v) is 10.7. The molecule has 11 heteroatoms. The van der Waals surface area contributed by atoms with Crippen molar-refractivity contribution in [2.75, 3.05) is 37.4 Å². The summed E-state index contributed by atoms with van der Waals surface area (Å²) in [5.74, 6) is 0.584. The van der Waals surface area contributed by atoms with E-state index in [1.165, 1.54) is 22.7 Å². The van der Waals surface area contributed by atoms with Crippen LogP contribution in [0.15, 0.2) is 24.3 Å². The molecule has 0 saturated carbocycles. The quantitative estimate of drug-likeness (QED) is 0.731. The van der Waals surface area contributed by atoms with Crippen LogP contribution in [0.2, 0.25) is 0 Å². The number of rotatable bonds is 6. The third kappa shape index (κ3) is 5.33. The number of hydrogen-bond acceptors (Lipinski definition) is 8. The number of hydrogen-bond donors (Lipinski definition) is 2. The molecule has 0 aliphatic carbocycles. The van der Waals surface area contributed by atoms with E-state index in [2.05, 4.69) is 25.2 Å². The Kier molecular flexibility index (Phi) is 6.06. The maximum absolute atomic E-state index is 13.0. The highest BCUT2D eigenvalue weighted by molar-refractivity contribution is 7.88. The average Bonchev–Trinajstić information content (AvgIpc) is 2.62. The van der Waals surface area contributed by atoms with Crippen molar-refractivity contribution >= 4 is 27.6 Å². The van der Waals surface area contributed by atoms with Crippen LogP contribution in [0.4, 0.5) is 22.0 Å². The van der Waals surface area contributed by atoms with Crippen molar-refractivity contribution in [1.82, 2.24) is 24.2 Å². The fourth-order valence-electron chi connectivity index (χ4n) is 3.14. The molecule has 152 valence electrons. The maximum Gasteiger partial charge on any atom is 0.232 e. The summed E-state index contributed by atoms with van der Waals surface area (Å²) >= 11 is 0. The van der Waals surface area contributed by atoms with E-state index in [0.717, 1.165) is 25.9 Å². The Balaban J connectivity index is 1.62. The number of halogens is 1. The lowest BCUT2D eigenvalue weighted by Crippen LogP contribution is -2.45. The summed E-state index contributed by atoms with van der Waals surface area (Å²) < 4.78 is 37.8. The van der Waals surface area contributed by atoms with Crippen LogP contribution < -0.4 is 11.1 Å². The average molecular weight is 409 g/mol. The first kappa shape index (κ1) is 20.4. The molecule has 0 amide bonds. The van der Waals surface area contributed by atoms with Gasteiger partial charge in [-0.25, -0.2) is 17.1 Å². The second-order valence-electron chi connectivity index (χ2n) is 6.85. The molecule has 0 spiro atoms. The number of nitrogens with two attached hydrogens (primary N) is 1. The maximum atomic E-state index is 13.0. The summed E-state index contributed by atoms with van der Waals surface area (Å²) in [6, 6.07) is 5.85. The Hall–Kier alpha value is -2.37. The summed E-state index contributed by atoms with van der Waals surface area (Å²) in [4.78, 5) is 14.8. The number of nitrogens with zero attached hydrogens (tertiary/aromatic N) is 5. The van der Waals surface area contributed by atoms with Gasteiger partial charge >= 0.3 is 0 Å². The minimum absolute atomic E-state index is 0.00498. The highest BCUT2D eigenvalue weighted by Gasteiger charge is 2.27.